The molecular formula is C13H12N4S. The summed E-state index contributed by atoms with van der Waals surface area (Å²) in [7, 11) is 0. The Balaban J connectivity index is 2.40. The first-order valence-electron chi connectivity index (χ1n) is 5.46. The lowest BCUT2D eigenvalue weighted by atomic mass is 10.2. The first-order valence-corrected chi connectivity index (χ1v) is 6.27. The molecule has 0 unspecified atom stereocenters. The number of hydrogen-bond donors (Lipinski definition) is 0. The van der Waals surface area contributed by atoms with Gasteiger partial charge in [0.15, 0.2) is 5.16 Å². The van der Waals surface area contributed by atoms with Crippen LogP contribution in [0.15, 0.2) is 28.5 Å². The minimum Gasteiger partial charge on any atom is -0.248 e. The molecule has 0 saturated heterocycles. The summed E-state index contributed by atoms with van der Waals surface area (Å²) in [6.45, 7) is 5.74. The fourth-order valence-corrected chi connectivity index (χ4v) is 2.55. The van der Waals surface area contributed by atoms with Crippen molar-refractivity contribution < 1.29 is 0 Å². The summed E-state index contributed by atoms with van der Waals surface area (Å²) in [4.78, 5) is 12.9. The second kappa shape index (κ2) is 5.15. The summed E-state index contributed by atoms with van der Waals surface area (Å²) >= 11 is 1.33. The van der Waals surface area contributed by atoms with Crippen LogP contribution < -0.4 is 0 Å². The summed E-state index contributed by atoms with van der Waals surface area (Å²) in [5.74, 6) is 0. The maximum Gasteiger partial charge on any atom is 0.194 e. The molecule has 0 bridgehead atoms. The van der Waals surface area contributed by atoms with E-state index in [4.69, 9.17) is 5.26 Å². The molecule has 0 amide bonds. The van der Waals surface area contributed by atoms with Crippen molar-refractivity contribution in [2.24, 2.45) is 0 Å². The molecule has 0 N–H and O–H groups in total. The minimum atomic E-state index is 0.588. The van der Waals surface area contributed by atoms with Crippen LogP contribution in [0.5, 0.6) is 0 Å². The lowest BCUT2D eigenvalue weighted by molar-refractivity contribution is 0.898. The van der Waals surface area contributed by atoms with Crippen LogP contribution in [0.3, 0.4) is 0 Å². The summed E-state index contributed by atoms with van der Waals surface area (Å²) in [5, 5.41) is 10.4. The molecule has 0 aliphatic rings. The van der Waals surface area contributed by atoms with E-state index in [-0.39, 0.29) is 0 Å². The Bertz CT molecular complexity index is 611. The Labute approximate surface area is 110 Å². The number of rotatable bonds is 2. The standard InChI is InChI=1S/C13H12N4S/c1-8-4-5-15-12(11(8)7-14)18-13-16-9(2)6-10(3)17-13/h4-6H,1-3H3. The van der Waals surface area contributed by atoms with Gasteiger partial charge in [-0.15, -0.1) is 0 Å². The average Bonchev–Trinajstić information content (AvgIpc) is 2.27. The Morgan fingerprint density at radius 1 is 1.17 bits per heavy atom. The van der Waals surface area contributed by atoms with Gasteiger partial charge in [-0.05, 0) is 50.2 Å². The Morgan fingerprint density at radius 2 is 1.83 bits per heavy atom. The van der Waals surface area contributed by atoms with E-state index in [1.54, 1.807) is 6.20 Å². The van der Waals surface area contributed by atoms with Gasteiger partial charge in [0, 0.05) is 17.6 Å². The van der Waals surface area contributed by atoms with Crippen LogP contribution >= 0.6 is 11.8 Å². The topological polar surface area (TPSA) is 62.5 Å². The van der Waals surface area contributed by atoms with Gasteiger partial charge in [0.1, 0.15) is 11.1 Å². The molecule has 2 aromatic heterocycles. The minimum absolute atomic E-state index is 0.588. The van der Waals surface area contributed by atoms with Gasteiger partial charge in [0.2, 0.25) is 0 Å². The zero-order chi connectivity index (χ0) is 13.1. The van der Waals surface area contributed by atoms with Gasteiger partial charge in [0.25, 0.3) is 0 Å². The zero-order valence-electron chi connectivity index (χ0n) is 10.4. The zero-order valence-corrected chi connectivity index (χ0v) is 11.2. The molecule has 0 spiro atoms. The molecule has 4 nitrogen and oxygen atoms in total. The van der Waals surface area contributed by atoms with E-state index in [9.17, 15) is 0 Å². The van der Waals surface area contributed by atoms with Crippen molar-refractivity contribution in [1.82, 2.24) is 15.0 Å². The highest BCUT2D eigenvalue weighted by Crippen LogP contribution is 2.27. The maximum atomic E-state index is 9.14. The third-order valence-electron chi connectivity index (χ3n) is 2.39. The van der Waals surface area contributed by atoms with Crippen LogP contribution in [0.25, 0.3) is 0 Å². The third kappa shape index (κ3) is 2.66. The van der Waals surface area contributed by atoms with Gasteiger partial charge in [0.05, 0.1) is 5.56 Å². The predicted molar refractivity (Wildman–Crippen MR) is 69.3 cm³/mol. The van der Waals surface area contributed by atoms with Crippen LogP contribution in [-0.2, 0) is 0 Å². The summed E-state index contributed by atoms with van der Waals surface area (Å²) in [6, 6.07) is 5.91. The van der Waals surface area contributed by atoms with Crippen LogP contribution in [0.1, 0.15) is 22.5 Å². The van der Waals surface area contributed by atoms with Crippen LogP contribution in [0.4, 0.5) is 0 Å². The van der Waals surface area contributed by atoms with Crippen molar-refractivity contribution in [2.45, 2.75) is 31.0 Å². The molecule has 0 radical (unpaired) electrons. The van der Waals surface area contributed by atoms with Crippen molar-refractivity contribution in [2.75, 3.05) is 0 Å². The highest BCUT2D eigenvalue weighted by Gasteiger charge is 2.10. The number of nitrogens with zero attached hydrogens (tertiary/aromatic N) is 4. The molecule has 18 heavy (non-hydrogen) atoms. The van der Waals surface area contributed by atoms with Gasteiger partial charge >= 0.3 is 0 Å². The van der Waals surface area contributed by atoms with Gasteiger partial charge in [-0.2, -0.15) is 5.26 Å². The predicted octanol–water partition coefficient (Wildman–Crippen LogP) is 2.82. The molecule has 0 saturated carbocycles. The van der Waals surface area contributed by atoms with E-state index < -0.39 is 0 Å². The van der Waals surface area contributed by atoms with E-state index in [1.807, 2.05) is 32.9 Å². The Morgan fingerprint density at radius 3 is 2.44 bits per heavy atom. The first kappa shape index (κ1) is 12.5. The third-order valence-corrected chi connectivity index (χ3v) is 3.25. The Hall–Kier alpha value is -1.93. The summed E-state index contributed by atoms with van der Waals surface area (Å²) < 4.78 is 0. The van der Waals surface area contributed by atoms with Crippen molar-refractivity contribution >= 4 is 11.8 Å². The second-order valence-corrected chi connectivity index (χ2v) is 4.91. The average molecular weight is 256 g/mol. The van der Waals surface area contributed by atoms with Crippen molar-refractivity contribution in [3.05, 3.63) is 40.8 Å². The SMILES string of the molecule is Cc1cc(C)nc(Sc2nccc(C)c2C#N)n1. The number of pyridine rings is 1. The molecule has 0 fully saturated rings. The number of nitriles is 1. The molecule has 2 aromatic rings. The molecule has 90 valence electrons. The van der Waals surface area contributed by atoms with E-state index >= 15 is 0 Å². The largest absolute Gasteiger partial charge is 0.248 e. The van der Waals surface area contributed by atoms with Gasteiger partial charge < -0.3 is 0 Å². The first-order chi connectivity index (χ1) is 8.60. The van der Waals surface area contributed by atoms with Crippen LogP contribution in [0.2, 0.25) is 0 Å². The van der Waals surface area contributed by atoms with E-state index in [2.05, 4.69) is 21.0 Å². The molecule has 5 heteroatoms. The van der Waals surface area contributed by atoms with Crippen molar-refractivity contribution in [1.29, 1.82) is 5.26 Å². The second-order valence-electron chi connectivity index (χ2n) is 3.96. The molecule has 2 rings (SSSR count). The van der Waals surface area contributed by atoms with E-state index in [0.717, 1.165) is 17.0 Å². The van der Waals surface area contributed by atoms with Crippen LogP contribution in [-0.4, -0.2) is 15.0 Å². The number of aryl methyl sites for hydroxylation is 3. The van der Waals surface area contributed by atoms with Gasteiger partial charge in [-0.3, -0.25) is 0 Å². The number of aromatic nitrogens is 3. The monoisotopic (exact) mass is 256 g/mol. The molecular weight excluding hydrogens is 244 g/mol. The summed E-state index contributed by atoms with van der Waals surface area (Å²) in [5.41, 5.74) is 3.33. The van der Waals surface area contributed by atoms with Gasteiger partial charge in [-0.1, -0.05) is 0 Å². The number of hydrogen-bond acceptors (Lipinski definition) is 5. The van der Waals surface area contributed by atoms with Crippen LogP contribution in [0, 0.1) is 32.1 Å². The fraction of sp³-hybridized carbons (Fsp3) is 0.231. The molecule has 0 aliphatic carbocycles. The van der Waals surface area contributed by atoms with E-state index in [0.29, 0.717) is 15.7 Å². The molecule has 2 heterocycles. The highest BCUT2D eigenvalue weighted by molar-refractivity contribution is 7.99. The van der Waals surface area contributed by atoms with Crippen molar-refractivity contribution in [3.63, 3.8) is 0 Å². The molecule has 0 atom stereocenters. The molecule has 0 aliphatic heterocycles. The summed E-state index contributed by atoms with van der Waals surface area (Å²) in [6.07, 6.45) is 1.70. The smallest absolute Gasteiger partial charge is 0.194 e. The van der Waals surface area contributed by atoms with Crippen molar-refractivity contribution in [3.8, 4) is 6.07 Å². The quantitative estimate of drug-likeness (QED) is 0.773. The fourth-order valence-electron chi connectivity index (χ4n) is 1.57. The Kier molecular flexibility index (Phi) is 3.58. The normalized spacial score (nSPS) is 10.1. The van der Waals surface area contributed by atoms with Gasteiger partial charge in [-0.25, -0.2) is 15.0 Å². The lowest BCUT2D eigenvalue weighted by Gasteiger charge is -2.05. The molecule has 0 aromatic carbocycles. The van der Waals surface area contributed by atoms with E-state index in [1.165, 1.54) is 11.8 Å². The highest BCUT2D eigenvalue weighted by atomic mass is 32.2. The maximum absolute atomic E-state index is 9.14. The lowest BCUT2D eigenvalue weighted by Crippen LogP contribution is -1.95.